The van der Waals surface area contributed by atoms with Gasteiger partial charge in [-0.15, -0.1) is 12.4 Å². The average molecular weight is 407 g/mol. The molecule has 0 atom stereocenters. The first kappa shape index (κ1) is 20.4. The molecule has 4 aromatic rings. The van der Waals surface area contributed by atoms with Gasteiger partial charge >= 0.3 is 0 Å². The number of aryl methyl sites for hydroxylation is 2. The van der Waals surface area contributed by atoms with E-state index in [1.165, 1.54) is 0 Å². The maximum absolute atomic E-state index is 5.54. The Morgan fingerprint density at radius 2 is 1.34 bits per heavy atom. The fourth-order valence-electron chi connectivity index (χ4n) is 3.12. The Kier molecular flexibility index (Phi) is 6.20. The molecule has 0 unspecified atom stereocenters. The summed E-state index contributed by atoms with van der Waals surface area (Å²) in [6.45, 7) is 4.12. The summed E-state index contributed by atoms with van der Waals surface area (Å²) in [5.74, 6) is 1.96. The van der Waals surface area contributed by atoms with Crippen LogP contribution in [0.15, 0.2) is 66.7 Å². The maximum atomic E-state index is 5.54. The number of para-hydroxylation sites is 3. The van der Waals surface area contributed by atoms with Crippen molar-refractivity contribution in [1.29, 1.82) is 0 Å². The number of aromatic nitrogens is 2. The van der Waals surface area contributed by atoms with Crippen LogP contribution in [0.25, 0.3) is 10.9 Å². The van der Waals surface area contributed by atoms with Gasteiger partial charge in [-0.2, -0.15) is 4.98 Å². The lowest BCUT2D eigenvalue weighted by Crippen LogP contribution is -2.04. The summed E-state index contributed by atoms with van der Waals surface area (Å²) in [5.41, 5.74) is 5.00. The summed E-state index contributed by atoms with van der Waals surface area (Å²) < 4.78 is 5.54. The molecule has 0 bridgehead atoms. The van der Waals surface area contributed by atoms with Crippen LogP contribution in [0.3, 0.4) is 0 Å². The van der Waals surface area contributed by atoms with E-state index in [0.29, 0.717) is 11.7 Å². The van der Waals surface area contributed by atoms with Crippen LogP contribution in [-0.2, 0) is 0 Å². The summed E-state index contributed by atoms with van der Waals surface area (Å²) >= 11 is 0. The topological polar surface area (TPSA) is 59.1 Å². The van der Waals surface area contributed by atoms with E-state index in [-0.39, 0.29) is 12.4 Å². The standard InChI is InChI=1S/C23H22N4O.ClH/c1-15-9-4-6-12-18(15)24-22-17-11-8-14-20(28-3)21(17)26-23(27-22)25-19-13-7-5-10-16(19)2;/h4-14H,1-3H3,(H2,24,25,26,27);1H. The van der Waals surface area contributed by atoms with E-state index >= 15 is 0 Å². The summed E-state index contributed by atoms with van der Waals surface area (Å²) in [5, 5.41) is 7.70. The monoisotopic (exact) mass is 406 g/mol. The third kappa shape index (κ3) is 4.25. The number of nitrogens with zero attached hydrogens (tertiary/aromatic N) is 2. The number of fused-ring (bicyclic) bond motifs is 1. The van der Waals surface area contributed by atoms with Crippen molar-refractivity contribution in [2.45, 2.75) is 13.8 Å². The average Bonchev–Trinajstić information content (AvgIpc) is 2.71. The molecule has 0 aliphatic heterocycles. The fourth-order valence-corrected chi connectivity index (χ4v) is 3.12. The molecule has 29 heavy (non-hydrogen) atoms. The Morgan fingerprint density at radius 3 is 1.97 bits per heavy atom. The number of nitrogens with one attached hydrogen (secondary N) is 2. The Hall–Kier alpha value is -3.31. The van der Waals surface area contributed by atoms with Gasteiger partial charge in [0.25, 0.3) is 0 Å². The quantitative estimate of drug-likeness (QED) is 0.415. The lowest BCUT2D eigenvalue weighted by atomic mass is 10.1. The molecular weight excluding hydrogens is 384 g/mol. The molecule has 0 radical (unpaired) electrons. The molecule has 148 valence electrons. The van der Waals surface area contributed by atoms with Gasteiger partial charge in [0.15, 0.2) is 0 Å². The molecule has 0 aliphatic rings. The van der Waals surface area contributed by atoms with Crippen LogP contribution in [-0.4, -0.2) is 17.1 Å². The van der Waals surface area contributed by atoms with E-state index in [9.17, 15) is 0 Å². The van der Waals surface area contributed by atoms with E-state index < -0.39 is 0 Å². The second kappa shape index (κ2) is 8.80. The number of rotatable bonds is 5. The molecule has 2 N–H and O–H groups in total. The third-order valence-corrected chi connectivity index (χ3v) is 4.70. The number of hydrogen-bond acceptors (Lipinski definition) is 5. The van der Waals surface area contributed by atoms with E-state index in [4.69, 9.17) is 14.7 Å². The molecule has 5 nitrogen and oxygen atoms in total. The van der Waals surface area contributed by atoms with Crippen LogP contribution in [0.5, 0.6) is 5.75 Å². The van der Waals surface area contributed by atoms with E-state index in [1.807, 2.05) is 54.6 Å². The fraction of sp³-hybridized carbons (Fsp3) is 0.130. The van der Waals surface area contributed by atoms with Gasteiger partial charge in [0.2, 0.25) is 5.95 Å². The SMILES string of the molecule is COc1cccc2c(Nc3ccccc3C)nc(Nc3ccccc3C)nc12.Cl. The molecule has 0 amide bonds. The Labute approximate surface area is 176 Å². The molecule has 6 heteroatoms. The normalized spacial score (nSPS) is 10.3. The van der Waals surface area contributed by atoms with Crippen molar-refractivity contribution in [3.63, 3.8) is 0 Å². The predicted octanol–water partition coefficient (Wildman–Crippen LogP) is 6.16. The zero-order valence-electron chi connectivity index (χ0n) is 16.6. The summed E-state index contributed by atoms with van der Waals surface area (Å²) in [6, 6.07) is 22.0. The predicted molar refractivity (Wildman–Crippen MR) is 122 cm³/mol. The molecule has 0 aliphatic carbocycles. The van der Waals surface area contributed by atoms with E-state index in [2.05, 4.69) is 36.6 Å². The molecule has 4 rings (SSSR count). The van der Waals surface area contributed by atoms with Crippen molar-refractivity contribution in [1.82, 2.24) is 9.97 Å². The highest BCUT2D eigenvalue weighted by Crippen LogP contribution is 2.32. The van der Waals surface area contributed by atoms with Crippen LogP contribution < -0.4 is 15.4 Å². The molecule has 1 heterocycles. The highest BCUT2D eigenvalue weighted by atomic mass is 35.5. The van der Waals surface area contributed by atoms with Gasteiger partial charge in [-0.25, -0.2) is 4.98 Å². The Morgan fingerprint density at radius 1 is 0.724 bits per heavy atom. The number of methoxy groups -OCH3 is 1. The molecule has 0 saturated carbocycles. The van der Waals surface area contributed by atoms with Gasteiger partial charge in [-0.1, -0.05) is 42.5 Å². The first-order valence-electron chi connectivity index (χ1n) is 9.16. The molecule has 3 aromatic carbocycles. The highest BCUT2D eigenvalue weighted by molar-refractivity contribution is 5.95. The zero-order chi connectivity index (χ0) is 19.5. The minimum atomic E-state index is 0. The first-order valence-corrected chi connectivity index (χ1v) is 9.16. The van der Waals surface area contributed by atoms with Crippen molar-refractivity contribution in [3.05, 3.63) is 77.9 Å². The Balaban J connectivity index is 0.00000240. The number of benzene rings is 3. The van der Waals surface area contributed by atoms with Gasteiger partial charge in [0, 0.05) is 16.8 Å². The second-order valence-corrected chi connectivity index (χ2v) is 6.63. The zero-order valence-corrected chi connectivity index (χ0v) is 17.4. The van der Waals surface area contributed by atoms with E-state index in [0.717, 1.165) is 39.2 Å². The first-order chi connectivity index (χ1) is 13.7. The number of ether oxygens (including phenoxy) is 1. The lowest BCUT2D eigenvalue weighted by molar-refractivity contribution is 0.419. The number of halogens is 1. The van der Waals surface area contributed by atoms with Crippen molar-refractivity contribution in [3.8, 4) is 5.75 Å². The number of hydrogen-bond donors (Lipinski definition) is 2. The maximum Gasteiger partial charge on any atom is 0.229 e. The summed E-state index contributed by atoms with van der Waals surface area (Å²) in [7, 11) is 1.65. The van der Waals surface area contributed by atoms with Crippen LogP contribution in [0, 0.1) is 13.8 Å². The molecular formula is C23H23ClN4O. The smallest absolute Gasteiger partial charge is 0.229 e. The van der Waals surface area contributed by atoms with E-state index in [1.54, 1.807) is 7.11 Å². The van der Waals surface area contributed by atoms with Gasteiger partial charge in [0.1, 0.15) is 17.1 Å². The third-order valence-electron chi connectivity index (χ3n) is 4.70. The number of anilines is 4. The van der Waals surface area contributed by atoms with Crippen LogP contribution in [0.1, 0.15) is 11.1 Å². The minimum Gasteiger partial charge on any atom is -0.494 e. The van der Waals surface area contributed by atoms with Crippen LogP contribution in [0.4, 0.5) is 23.1 Å². The summed E-state index contributed by atoms with van der Waals surface area (Å²) in [4.78, 5) is 9.48. The lowest BCUT2D eigenvalue weighted by Gasteiger charge is -2.15. The Bertz CT molecular complexity index is 1150. The van der Waals surface area contributed by atoms with Gasteiger partial charge < -0.3 is 15.4 Å². The van der Waals surface area contributed by atoms with Gasteiger partial charge in [0.05, 0.1) is 7.11 Å². The van der Waals surface area contributed by atoms with Crippen LogP contribution >= 0.6 is 12.4 Å². The highest BCUT2D eigenvalue weighted by Gasteiger charge is 2.13. The second-order valence-electron chi connectivity index (χ2n) is 6.63. The molecule has 0 fully saturated rings. The molecule has 0 spiro atoms. The van der Waals surface area contributed by atoms with Gasteiger partial charge in [-0.05, 0) is 49.2 Å². The van der Waals surface area contributed by atoms with Gasteiger partial charge in [-0.3, -0.25) is 0 Å². The summed E-state index contributed by atoms with van der Waals surface area (Å²) in [6.07, 6.45) is 0. The molecule has 1 aromatic heterocycles. The van der Waals surface area contributed by atoms with Crippen molar-refractivity contribution < 1.29 is 4.74 Å². The van der Waals surface area contributed by atoms with Crippen molar-refractivity contribution in [2.75, 3.05) is 17.7 Å². The largest absolute Gasteiger partial charge is 0.494 e. The minimum absolute atomic E-state index is 0. The van der Waals surface area contributed by atoms with Crippen LogP contribution in [0.2, 0.25) is 0 Å². The van der Waals surface area contributed by atoms with Crippen molar-refractivity contribution >= 4 is 46.5 Å². The van der Waals surface area contributed by atoms with Crippen molar-refractivity contribution in [2.24, 2.45) is 0 Å². The molecule has 0 saturated heterocycles.